The van der Waals surface area contributed by atoms with E-state index in [2.05, 4.69) is 5.32 Å². The van der Waals surface area contributed by atoms with E-state index in [9.17, 15) is 13.2 Å². The van der Waals surface area contributed by atoms with Crippen molar-refractivity contribution in [2.24, 2.45) is 5.92 Å². The fraction of sp³-hybridized carbons (Fsp3) is 0.417. The largest absolute Gasteiger partial charge is 0.482 e. The molecule has 8 heteroatoms. The number of ether oxygens (including phenoxy) is 1. The number of fused-ring (bicyclic) bond motifs is 1. The standard InChI is InChI=1S/C12H14N2O5S/c15-6-8-4-14(5-8)20(17,18)9-1-2-11-10(3-9)13-12(16)7-19-11/h1-3,8,15H,4-7H2,(H,13,16). The number of aliphatic hydroxyl groups is 1. The number of rotatable bonds is 3. The van der Waals surface area contributed by atoms with Gasteiger partial charge >= 0.3 is 0 Å². The summed E-state index contributed by atoms with van der Waals surface area (Å²) in [7, 11) is -3.58. The van der Waals surface area contributed by atoms with Gasteiger partial charge in [0.1, 0.15) is 5.75 Å². The quantitative estimate of drug-likeness (QED) is 0.794. The second-order valence-corrected chi connectivity index (χ2v) is 6.80. The zero-order chi connectivity index (χ0) is 14.3. The predicted octanol–water partition coefficient (Wildman–Crippen LogP) is -0.370. The third-order valence-electron chi connectivity index (χ3n) is 3.40. The monoisotopic (exact) mass is 298 g/mol. The van der Waals surface area contributed by atoms with Gasteiger partial charge in [-0.15, -0.1) is 0 Å². The summed E-state index contributed by atoms with van der Waals surface area (Å²) in [5.41, 5.74) is 0.363. The number of benzene rings is 1. The van der Waals surface area contributed by atoms with Crippen LogP contribution in [-0.2, 0) is 14.8 Å². The highest BCUT2D eigenvalue weighted by molar-refractivity contribution is 7.89. The molecule has 2 aliphatic heterocycles. The molecule has 108 valence electrons. The van der Waals surface area contributed by atoms with Gasteiger partial charge in [-0.1, -0.05) is 0 Å². The Kier molecular flexibility index (Phi) is 3.15. The van der Waals surface area contributed by atoms with E-state index in [1.165, 1.54) is 22.5 Å². The lowest BCUT2D eigenvalue weighted by molar-refractivity contribution is -0.118. The smallest absolute Gasteiger partial charge is 0.262 e. The molecular formula is C12H14N2O5S. The molecule has 0 aromatic heterocycles. The molecular weight excluding hydrogens is 284 g/mol. The first-order chi connectivity index (χ1) is 9.50. The Labute approximate surface area is 116 Å². The highest BCUT2D eigenvalue weighted by Crippen LogP contribution is 2.32. The summed E-state index contributed by atoms with van der Waals surface area (Å²) in [4.78, 5) is 11.4. The fourth-order valence-electron chi connectivity index (χ4n) is 2.21. The molecule has 2 heterocycles. The topological polar surface area (TPSA) is 95.9 Å². The molecule has 0 bridgehead atoms. The second-order valence-electron chi connectivity index (χ2n) is 4.87. The normalized spacial score (nSPS) is 19.8. The van der Waals surface area contributed by atoms with Gasteiger partial charge in [-0.3, -0.25) is 4.79 Å². The Balaban J connectivity index is 1.87. The molecule has 1 aromatic rings. The van der Waals surface area contributed by atoms with E-state index < -0.39 is 10.0 Å². The van der Waals surface area contributed by atoms with Crippen LogP contribution in [0.3, 0.4) is 0 Å². The fourth-order valence-corrected chi connectivity index (χ4v) is 3.83. The van der Waals surface area contributed by atoms with Gasteiger partial charge in [0.15, 0.2) is 6.61 Å². The van der Waals surface area contributed by atoms with E-state index in [-0.39, 0.29) is 29.9 Å². The van der Waals surface area contributed by atoms with E-state index in [0.29, 0.717) is 24.5 Å². The van der Waals surface area contributed by atoms with Crippen molar-refractivity contribution in [1.82, 2.24) is 4.31 Å². The number of nitrogens with zero attached hydrogens (tertiary/aromatic N) is 1. The number of hydrogen-bond donors (Lipinski definition) is 2. The zero-order valence-corrected chi connectivity index (χ0v) is 11.4. The lowest BCUT2D eigenvalue weighted by Gasteiger charge is -2.37. The van der Waals surface area contributed by atoms with Crippen LogP contribution in [0.5, 0.6) is 5.75 Å². The number of anilines is 1. The summed E-state index contributed by atoms with van der Waals surface area (Å²) in [5.74, 6) is 0.155. The van der Waals surface area contributed by atoms with Crippen LogP contribution in [0.4, 0.5) is 5.69 Å². The summed E-state index contributed by atoms with van der Waals surface area (Å²) >= 11 is 0. The Morgan fingerprint density at radius 2 is 2.15 bits per heavy atom. The van der Waals surface area contributed by atoms with Crippen LogP contribution < -0.4 is 10.1 Å². The highest BCUT2D eigenvalue weighted by Gasteiger charge is 2.36. The molecule has 0 saturated carbocycles. The summed E-state index contributed by atoms with van der Waals surface area (Å²) in [6.07, 6.45) is 0. The molecule has 0 atom stereocenters. The molecule has 0 aliphatic carbocycles. The molecule has 2 aliphatic rings. The second kappa shape index (κ2) is 4.72. The minimum Gasteiger partial charge on any atom is -0.482 e. The van der Waals surface area contributed by atoms with Crippen molar-refractivity contribution < 1.29 is 23.1 Å². The van der Waals surface area contributed by atoms with Crippen LogP contribution >= 0.6 is 0 Å². The summed E-state index contributed by atoms with van der Waals surface area (Å²) in [6.45, 7) is 0.557. The third kappa shape index (κ3) is 2.15. The van der Waals surface area contributed by atoms with Gasteiger partial charge in [-0.2, -0.15) is 4.31 Å². The van der Waals surface area contributed by atoms with Crippen LogP contribution in [0.1, 0.15) is 0 Å². The summed E-state index contributed by atoms with van der Waals surface area (Å²) in [5, 5.41) is 11.5. The SMILES string of the molecule is O=C1COc2ccc(S(=O)(=O)N3CC(CO)C3)cc2N1. The van der Waals surface area contributed by atoms with Crippen LogP contribution in [0.2, 0.25) is 0 Å². The van der Waals surface area contributed by atoms with Gasteiger partial charge in [0.05, 0.1) is 10.6 Å². The van der Waals surface area contributed by atoms with E-state index in [1.807, 2.05) is 0 Å². The van der Waals surface area contributed by atoms with Crippen LogP contribution in [0.25, 0.3) is 0 Å². The average Bonchev–Trinajstić information content (AvgIpc) is 2.36. The number of amides is 1. The number of carbonyl (C=O) groups is 1. The Hall–Kier alpha value is -1.64. The first-order valence-corrected chi connectivity index (χ1v) is 7.62. The average molecular weight is 298 g/mol. The molecule has 0 spiro atoms. The maximum atomic E-state index is 12.3. The molecule has 7 nitrogen and oxygen atoms in total. The van der Waals surface area contributed by atoms with E-state index in [4.69, 9.17) is 9.84 Å². The minimum atomic E-state index is -3.58. The van der Waals surface area contributed by atoms with Crippen molar-refractivity contribution in [3.8, 4) is 5.75 Å². The molecule has 1 aromatic carbocycles. The van der Waals surface area contributed by atoms with Gasteiger partial charge in [-0.05, 0) is 18.2 Å². The maximum absolute atomic E-state index is 12.3. The van der Waals surface area contributed by atoms with Crippen LogP contribution in [0.15, 0.2) is 23.1 Å². The molecule has 3 rings (SSSR count). The number of hydrogen-bond acceptors (Lipinski definition) is 5. The van der Waals surface area contributed by atoms with Crippen molar-refractivity contribution in [2.45, 2.75) is 4.90 Å². The lowest BCUT2D eigenvalue weighted by atomic mass is 10.1. The molecule has 1 saturated heterocycles. The van der Waals surface area contributed by atoms with E-state index in [0.717, 1.165) is 0 Å². The number of aliphatic hydroxyl groups excluding tert-OH is 1. The molecule has 0 radical (unpaired) electrons. The van der Waals surface area contributed by atoms with Gasteiger partial charge in [0.2, 0.25) is 10.0 Å². The number of carbonyl (C=O) groups excluding carboxylic acids is 1. The lowest BCUT2D eigenvalue weighted by Crippen LogP contribution is -2.51. The van der Waals surface area contributed by atoms with E-state index in [1.54, 1.807) is 0 Å². The summed E-state index contributed by atoms with van der Waals surface area (Å²) < 4.78 is 31.2. The number of sulfonamides is 1. The maximum Gasteiger partial charge on any atom is 0.262 e. The zero-order valence-electron chi connectivity index (χ0n) is 10.6. The Morgan fingerprint density at radius 3 is 2.85 bits per heavy atom. The first kappa shape index (κ1) is 13.3. The van der Waals surface area contributed by atoms with E-state index >= 15 is 0 Å². The van der Waals surface area contributed by atoms with Crippen molar-refractivity contribution in [3.63, 3.8) is 0 Å². The highest BCUT2D eigenvalue weighted by atomic mass is 32.2. The van der Waals surface area contributed by atoms with Gasteiger partial charge < -0.3 is 15.2 Å². The molecule has 2 N–H and O–H groups in total. The first-order valence-electron chi connectivity index (χ1n) is 6.18. The van der Waals surface area contributed by atoms with Crippen molar-refractivity contribution in [3.05, 3.63) is 18.2 Å². The molecule has 0 unspecified atom stereocenters. The number of nitrogens with one attached hydrogen (secondary N) is 1. The van der Waals surface area contributed by atoms with Crippen molar-refractivity contribution in [1.29, 1.82) is 0 Å². The van der Waals surface area contributed by atoms with Crippen molar-refractivity contribution >= 4 is 21.6 Å². The predicted molar refractivity (Wildman–Crippen MR) is 69.9 cm³/mol. The molecule has 1 amide bonds. The van der Waals surface area contributed by atoms with Gasteiger partial charge in [0, 0.05) is 25.6 Å². The minimum absolute atomic E-state index is 0.00504. The van der Waals surface area contributed by atoms with Gasteiger partial charge in [0.25, 0.3) is 5.91 Å². The van der Waals surface area contributed by atoms with Crippen molar-refractivity contribution in [2.75, 3.05) is 31.6 Å². The molecule has 1 fully saturated rings. The molecule has 20 heavy (non-hydrogen) atoms. The van der Waals surface area contributed by atoms with Gasteiger partial charge in [-0.25, -0.2) is 8.42 Å². The summed E-state index contributed by atoms with van der Waals surface area (Å²) in [6, 6.07) is 4.39. The van der Waals surface area contributed by atoms with Crippen LogP contribution in [0, 0.1) is 5.92 Å². The Morgan fingerprint density at radius 1 is 1.40 bits per heavy atom. The van der Waals surface area contributed by atoms with Crippen LogP contribution in [-0.4, -0.2) is 50.0 Å². The third-order valence-corrected chi connectivity index (χ3v) is 5.23. The Bertz CT molecular complexity index is 652.